The quantitative estimate of drug-likeness (QED) is 0.433. The lowest BCUT2D eigenvalue weighted by molar-refractivity contribution is -0.137. The number of aromatic hydroxyl groups is 1. The van der Waals surface area contributed by atoms with Crippen molar-refractivity contribution in [3.63, 3.8) is 0 Å². The van der Waals surface area contributed by atoms with Gasteiger partial charge in [-0.25, -0.2) is 9.18 Å². The predicted octanol–water partition coefficient (Wildman–Crippen LogP) is 3.24. The monoisotopic (exact) mass is 455 g/mol. The van der Waals surface area contributed by atoms with Crippen molar-refractivity contribution < 1.29 is 28.9 Å². The fourth-order valence-electron chi connectivity index (χ4n) is 3.25. The number of ether oxygens (including phenoxy) is 1. The van der Waals surface area contributed by atoms with Gasteiger partial charge in [-0.2, -0.15) is 0 Å². The molecule has 2 aromatic carbocycles. The normalized spacial score (nSPS) is 11.5. The molecule has 0 aliphatic carbocycles. The van der Waals surface area contributed by atoms with Gasteiger partial charge in [-0.1, -0.05) is 12.1 Å². The molecule has 0 aliphatic rings. The average Bonchev–Trinajstić information content (AvgIpc) is 2.78. The van der Waals surface area contributed by atoms with Crippen LogP contribution in [0.2, 0.25) is 0 Å². The first kappa shape index (κ1) is 23.3. The molecule has 3 rings (SSSR count). The Morgan fingerprint density at radius 1 is 1.15 bits per heavy atom. The van der Waals surface area contributed by atoms with Crippen molar-refractivity contribution in [2.24, 2.45) is 7.05 Å². The van der Waals surface area contributed by atoms with Gasteiger partial charge in [-0.05, 0) is 53.1 Å². The van der Waals surface area contributed by atoms with Crippen LogP contribution >= 0.6 is 0 Å². The van der Waals surface area contributed by atoms with Gasteiger partial charge in [0.1, 0.15) is 17.3 Å². The number of methoxy groups -OCH3 is 1. The summed E-state index contributed by atoms with van der Waals surface area (Å²) >= 11 is 0. The summed E-state index contributed by atoms with van der Waals surface area (Å²) in [6.45, 7) is 0. The number of hydrogen-bond acceptors (Lipinski definition) is 5. The Kier molecular flexibility index (Phi) is 6.97. The molecule has 33 heavy (non-hydrogen) atoms. The molecule has 9 nitrogen and oxygen atoms in total. The second kappa shape index (κ2) is 9.86. The summed E-state index contributed by atoms with van der Waals surface area (Å²) in [4.78, 5) is 36.1. The first-order chi connectivity index (χ1) is 15.7. The van der Waals surface area contributed by atoms with Crippen LogP contribution in [0.1, 0.15) is 18.0 Å². The van der Waals surface area contributed by atoms with E-state index in [0.29, 0.717) is 16.9 Å². The van der Waals surface area contributed by atoms with Crippen molar-refractivity contribution in [3.8, 4) is 22.6 Å². The van der Waals surface area contributed by atoms with Crippen LogP contribution in [-0.4, -0.2) is 33.9 Å². The van der Waals surface area contributed by atoms with Crippen LogP contribution in [0, 0.1) is 5.82 Å². The van der Waals surface area contributed by atoms with E-state index in [4.69, 9.17) is 4.74 Å². The largest absolute Gasteiger partial charge is 0.505 e. The van der Waals surface area contributed by atoms with E-state index in [1.54, 1.807) is 30.3 Å². The summed E-state index contributed by atoms with van der Waals surface area (Å²) in [5.74, 6) is -1.75. The van der Waals surface area contributed by atoms with Gasteiger partial charge in [0.15, 0.2) is 5.69 Å². The molecule has 0 bridgehead atoms. The number of pyridine rings is 1. The zero-order valence-electron chi connectivity index (χ0n) is 17.8. The minimum atomic E-state index is -1.23. The van der Waals surface area contributed by atoms with Crippen molar-refractivity contribution >= 4 is 17.7 Å². The number of aryl methyl sites for hydroxylation is 1. The van der Waals surface area contributed by atoms with Gasteiger partial charge in [0, 0.05) is 13.2 Å². The Morgan fingerprint density at radius 2 is 1.91 bits per heavy atom. The van der Waals surface area contributed by atoms with E-state index < -0.39 is 41.6 Å². The lowest BCUT2D eigenvalue weighted by Gasteiger charge is -2.19. The van der Waals surface area contributed by atoms with E-state index >= 15 is 0 Å². The number of aliphatic carboxylic acids is 1. The van der Waals surface area contributed by atoms with Gasteiger partial charge in [-0.3, -0.25) is 9.59 Å². The summed E-state index contributed by atoms with van der Waals surface area (Å²) in [5, 5.41) is 23.9. The van der Waals surface area contributed by atoms with Crippen LogP contribution in [0.3, 0.4) is 0 Å². The smallest absolute Gasteiger partial charge is 0.319 e. The van der Waals surface area contributed by atoms with Gasteiger partial charge >= 0.3 is 12.0 Å². The molecule has 172 valence electrons. The maximum atomic E-state index is 14.4. The topological polar surface area (TPSA) is 130 Å². The summed E-state index contributed by atoms with van der Waals surface area (Å²) in [7, 11) is 2.93. The summed E-state index contributed by atoms with van der Waals surface area (Å²) < 4.78 is 20.8. The Balaban J connectivity index is 1.92. The third-order valence-electron chi connectivity index (χ3n) is 4.89. The molecular formula is C23H22FN3O6. The molecule has 2 amide bonds. The summed E-state index contributed by atoms with van der Waals surface area (Å²) in [5.41, 5.74) is 0.256. The van der Waals surface area contributed by atoms with Crippen molar-refractivity contribution in [1.29, 1.82) is 0 Å². The molecule has 0 saturated carbocycles. The van der Waals surface area contributed by atoms with Crippen LogP contribution in [0.5, 0.6) is 11.5 Å². The van der Waals surface area contributed by atoms with E-state index in [2.05, 4.69) is 10.6 Å². The number of hydrogen-bond donors (Lipinski definition) is 4. The first-order valence-corrected chi connectivity index (χ1v) is 9.80. The van der Waals surface area contributed by atoms with Crippen molar-refractivity contribution in [1.82, 2.24) is 9.88 Å². The van der Waals surface area contributed by atoms with Gasteiger partial charge in [0.2, 0.25) is 0 Å². The molecule has 0 aliphatic heterocycles. The number of rotatable bonds is 7. The molecule has 1 heterocycles. The van der Waals surface area contributed by atoms with E-state index in [-0.39, 0.29) is 11.3 Å². The minimum Gasteiger partial charge on any atom is -0.505 e. The number of nitrogens with one attached hydrogen (secondary N) is 2. The number of anilines is 1. The summed E-state index contributed by atoms with van der Waals surface area (Å²) in [6, 6.07) is 10.0. The fraction of sp³-hybridized carbons (Fsp3) is 0.174. The van der Waals surface area contributed by atoms with Gasteiger partial charge in [0.05, 0.1) is 19.6 Å². The SMILES string of the molecule is COc1cccc(-c2cc(F)cc(C(CC(=O)O)NC(=O)Nc3c(O)ccn(C)c3=O)c2)c1. The van der Waals surface area contributed by atoms with Crippen molar-refractivity contribution in [3.05, 3.63) is 76.5 Å². The number of carboxylic acid groups (broad SMARTS) is 1. The highest BCUT2D eigenvalue weighted by atomic mass is 19.1. The lowest BCUT2D eigenvalue weighted by atomic mass is 9.97. The minimum absolute atomic E-state index is 0.204. The van der Waals surface area contributed by atoms with Crippen LogP contribution in [-0.2, 0) is 11.8 Å². The van der Waals surface area contributed by atoms with E-state index in [9.17, 15) is 29.0 Å². The summed E-state index contributed by atoms with van der Waals surface area (Å²) in [6.07, 6.45) is 0.772. The molecule has 1 unspecified atom stereocenters. The average molecular weight is 455 g/mol. The molecule has 0 radical (unpaired) electrons. The Labute approximate surface area is 188 Å². The number of carbonyl (C=O) groups excluding carboxylic acids is 1. The molecule has 1 aromatic heterocycles. The van der Waals surface area contributed by atoms with E-state index in [1.165, 1.54) is 32.5 Å². The Bertz CT molecular complexity index is 1260. The number of nitrogens with zero attached hydrogens (tertiary/aromatic N) is 1. The second-order valence-electron chi connectivity index (χ2n) is 7.25. The number of halogens is 1. The molecule has 3 aromatic rings. The van der Waals surface area contributed by atoms with Gasteiger partial charge < -0.3 is 30.2 Å². The molecule has 4 N–H and O–H groups in total. The highest BCUT2D eigenvalue weighted by Gasteiger charge is 2.21. The number of benzene rings is 2. The lowest BCUT2D eigenvalue weighted by Crippen LogP contribution is -2.36. The predicted molar refractivity (Wildman–Crippen MR) is 119 cm³/mol. The van der Waals surface area contributed by atoms with Crippen LogP contribution < -0.4 is 20.9 Å². The van der Waals surface area contributed by atoms with Crippen molar-refractivity contribution in [2.45, 2.75) is 12.5 Å². The van der Waals surface area contributed by atoms with Gasteiger partial charge in [-0.15, -0.1) is 0 Å². The molecule has 0 spiro atoms. The van der Waals surface area contributed by atoms with Crippen LogP contribution in [0.4, 0.5) is 14.9 Å². The zero-order chi connectivity index (χ0) is 24.1. The fourth-order valence-corrected chi connectivity index (χ4v) is 3.25. The molecular weight excluding hydrogens is 433 g/mol. The second-order valence-corrected chi connectivity index (χ2v) is 7.25. The first-order valence-electron chi connectivity index (χ1n) is 9.80. The molecule has 0 saturated heterocycles. The Morgan fingerprint density at radius 3 is 2.61 bits per heavy atom. The standard InChI is InChI=1S/C23H22FN3O6/c1-27-7-6-19(28)21(22(27)31)26-23(32)25-18(12-20(29)30)15-8-14(9-16(24)10-15)13-4-3-5-17(11-13)33-2/h3-11,18,28H,12H2,1-2H3,(H,29,30)(H2,25,26,32). The molecule has 10 heteroatoms. The van der Waals surface area contributed by atoms with Crippen molar-refractivity contribution in [2.75, 3.05) is 12.4 Å². The van der Waals surface area contributed by atoms with Crippen LogP contribution in [0.15, 0.2) is 59.5 Å². The third kappa shape index (κ3) is 5.67. The van der Waals surface area contributed by atoms with E-state index in [1.807, 2.05) is 0 Å². The van der Waals surface area contributed by atoms with Crippen LogP contribution in [0.25, 0.3) is 11.1 Å². The molecule has 0 fully saturated rings. The van der Waals surface area contributed by atoms with Gasteiger partial charge in [0.25, 0.3) is 5.56 Å². The van der Waals surface area contributed by atoms with E-state index in [0.717, 1.165) is 10.6 Å². The number of carbonyl (C=O) groups is 2. The maximum absolute atomic E-state index is 14.4. The number of amides is 2. The highest BCUT2D eigenvalue weighted by Crippen LogP contribution is 2.29. The third-order valence-corrected chi connectivity index (χ3v) is 4.89. The number of carboxylic acids is 1. The number of urea groups is 1. The molecule has 1 atom stereocenters. The zero-order valence-corrected chi connectivity index (χ0v) is 17.8. The number of aromatic nitrogens is 1. The maximum Gasteiger partial charge on any atom is 0.319 e. The highest BCUT2D eigenvalue weighted by molar-refractivity contribution is 5.91. The Hall–Kier alpha value is -4.34.